The van der Waals surface area contributed by atoms with E-state index in [0.29, 0.717) is 24.7 Å². The van der Waals surface area contributed by atoms with Gasteiger partial charge in [-0.15, -0.1) is 0 Å². The molecule has 0 aliphatic carbocycles. The van der Waals surface area contributed by atoms with Crippen LogP contribution in [-0.4, -0.2) is 13.1 Å². The molecule has 0 aromatic heterocycles. The Balaban J connectivity index is 1.83. The number of ether oxygens (including phenoxy) is 2. The first-order valence-corrected chi connectivity index (χ1v) is 6.69. The molecule has 0 bridgehead atoms. The zero-order valence-electron chi connectivity index (χ0n) is 11.7. The van der Waals surface area contributed by atoms with Gasteiger partial charge in [-0.25, -0.2) is 4.79 Å². The average molecular weight is 284 g/mol. The summed E-state index contributed by atoms with van der Waals surface area (Å²) in [6, 6.07) is 13.4. The Morgan fingerprint density at radius 1 is 1.14 bits per heavy atom. The summed E-state index contributed by atoms with van der Waals surface area (Å²) in [5, 5.41) is 5.48. The molecule has 0 saturated carbocycles. The van der Waals surface area contributed by atoms with E-state index >= 15 is 0 Å². The first-order valence-electron chi connectivity index (χ1n) is 6.69. The molecule has 2 amide bonds. The molecule has 5 nitrogen and oxygen atoms in total. The number of hydrogen-bond acceptors (Lipinski definition) is 3. The Bertz CT molecular complexity index is 656. The highest BCUT2D eigenvalue weighted by Gasteiger charge is 2.18. The van der Waals surface area contributed by atoms with Crippen LogP contribution in [0.15, 0.2) is 42.5 Å². The molecule has 0 fully saturated rings. The molecule has 0 atom stereocenters. The topological polar surface area (TPSA) is 59.6 Å². The van der Waals surface area contributed by atoms with Crippen LogP contribution in [0.5, 0.6) is 11.5 Å². The van der Waals surface area contributed by atoms with Gasteiger partial charge >= 0.3 is 6.03 Å². The summed E-state index contributed by atoms with van der Waals surface area (Å²) < 4.78 is 11.2. The summed E-state index contributed by atoms with van der Waals surface area (Å²) in [7, 11) is 1.58. The molecule has 2 N–H and O–H groups in total. The van der Waals surface area contributed by atoms with Crippen molar-refractivity contribution in [2.45, 2.75) is 13.2 Å². The van der Waals surface area contributed by atoms with Crippen LogP contribution < -0.4 is 20.1 Å². The van der Waals surface area contributed by atoms with Crippen LogP contribution in [0, 0.1) is 0 Å². The van der Waals surface area contributed by atoms with Gasteiger partial charge in [0.15, 0.2) is 11.5 Å². The molecule has 0 radical (unpaired) electrons. The number of carbonyl (C=O) groups is 1. The highest BCUT2D eigenvalue weighted by molar-refractivity contribution is 5.92. The van der Waals surface area contributed by atoms with Crippen LogP contribution in [0.3, 0.4) is 0 Å². The molecule has 0 saturated heterocycles. The van der Waals surface area contributed by atoms with Gasteiger partial charge in [-0.1, -0.05) is 30.3 Å². The summed E-state index contributed by atoms with van der Waals surface area (Å²) in [4.78, 5) is 11.3. The van der Waals surface area contributed by atoms with Gasteiger partial charge in [0, 0.05) is 12.6 Å². The molecular formula is C16H16N2O3. The van der Waals surface area contributed by atoms with Crippen LogP contribution in [0.25, 0.3) is 0 Å². The first-order chi connectivity index (χ1) is 10.3. The standard InChI is InChI=1S/C16H16N2O3/c1-20-14-8-13-12(9-17-16(19)18-13)7-15(14)21-10-11-5-3-2-4-6-11/h2-8H,9-10H2,1H3,(H2,17,18,19). The van der Waals surface area contributed by atoms with Gasteiger partial charge in [-0.05, 0) is 17.2 Å². The maximum Gasteiger partial charge on any atom is 0.319 e. The van der Waals surface area contributed by atoms with E-state index in [1.807, 2.05) is 36.4 Å². The number of nitrogens with one attached hydrogen (secondary N) is 2. The molecule has 1 heterocycles. The zero-order valence-corrected chi connectivity index (χ0v) is 11.7. The highest BCUT2D eigenvalue weighted by Crippen LogP contribution is 2.35. The third-order valence-electron chi connectivity index (χ3n) is 3.31. The molecule has 2 aromatic rings. The molecular weight excluding hydrogens is 268 g/mol. The molecule has 1 aliphatic rings. The van der Waals surface area contributed by atoms with Crippen molar-refractivity contribution < 1.29 is 14.3 Å². The minimum absolute atomic E-state index is 0.206. The fourth-order valence-corrected chi connectivity index (χ4v) is 2.21. The number of anilines is 1. The summed E-state index contributed by atoms with van der Waals surface area (Å²) >= 11 is 0. The number of methoxy groups -OCH3 is 1. The number of urea groups is 1. The van der Waals surface area contributed by atoms with Crippen LogP contribution in [0.4, 0.5) is 10.5 Å². The molecule has 3 rings (SSSR count). The van der Waals surface area contributed by atoms with Gasteiger partial charge in [0.2, 0.25) is 0 Å². The summed E-state index contributed by atoms with van der Waals surface area (Å²) in [5.74, 6) is 1.27. The minimum atomic E-state index is -0.206. The van der Waals surface area contributed by atoms with Gasteiger partial charge < -0.3 is 20.1 Å². The van der Waals surface area contributed by atoms with E-state index in [1.54, 1.807) is 13.2 Å². The van der Waals surface area contributed by atoms with E-state index in [-0.39, 0.29) is 6.03 Å². The van der Waals surface area contributed by atoms with E-state index in [1.165, 1.54) is 0 Å². The number of carbonyl (C=O) groups excluding carboxylic acids is 1. The Hall–Kier alpha value is -2.69. The first kappa shape index (κ1) is 13.3. The molecule has 1 aliphatic heterocycles. The predicted molar refractivity (Wildman–Crippen MR) is 79.6 cm³/mol. The van der Waals surface area contributed by atoms with Gasteiger partial charge in [-0.2, -0.15) is 0 Å². The van der Waals surface area contributed by atoms with Gasteiger partial charge in [-0.3, -0.25) is 0 Å². The molecule has 5 heteroatoms. The fraction of sp³-hybridized carbons (Fsp3) is 0.188. The van der Waals surface area contributed by atoms with Crippen molar-refractivity contribution >= 4 is 11.7 Å². The predicted octanol–water partition coefficient (Wildman–Crippen LogP) is 2.91. The summed E-state index contributed by atoms with van der Waals surface area (Å²) in [6.45, 7) is 0.947. The summed E-state index contributed by atoms with van der Waals surface area (Å²) in [5.41, 5.74) is 2.81. The number of hydrogen-bond donors (Lipinski definition) is 2. The molecule has 0 spiro atoms. The zero-order chi connectivity index (χ0) is 14.7. The number of benzene rings is 2. The van der Waals surface area contributed by atoms with Crippen molar-refractivity contribution in [2.75, 3.05) is 12.4 Å². The number of rotatable bonds is 4. The monoisotopic (exact) mass is 284 g/mol. The average Bonchev–Trinajstić information content (AvgIpc) is 2.53. The molecule has 108 valence electrons. The van der Waals surface area contributed by atoms with Crippen molar-refractivity contribution in [3.05, 3.63) is 53.6 Å². The van der Waals surface area contributed by atoms with Crippen LogP contribution >= 0.6 is 0 Å². The Morgan fingerprint density at radius 3 is 2.71 bits per heavy atom. The Morgan fingerprint density at radius 2 is 1.95 bits per heavy atom. The molecule has 2 aromatic carbocycles. The lowest BCUT2D eigenvalue weighted by Crippen LogP contribution is -2.33. The lowest BCUT2D eigenvalue weighted by Gasteiger charge is -2.21. The van der Waals surface area contributed by atoms with Crippen LogP contribution in [-0.2, 0) is 13.2 Å². The third kappa shape index (κ3) is 2.91. The Kier molecular flexibility index (Phi) is 3.64. The number of fused-ring (bicyclic) bond motifs is 1. The normalized spacial score (nSPS) is 12.9. The maximum absolute atomic E-state index is 11.3. The lowest BCUT2D eigenvalue weighted by molar-refractivity contribution is 0.250. The molecule has 0 unspecified atom stereocenters. The second kappa shape index (κ2) is 5.75. The lowest BCUT2D eigenvalue weighted by atomic mass is 10.1. The van der Waals surface area contributed by atoms with Crippen LogP contribution in [0.1, 0.15) is 11.1 Å². The second-order valence-corrected chi connectivity index (χ2v) is 4.74. The van der Waals surface area contributed by atoms with Crippen molar-refractivity contribution in [3.63, 3.8) is 0 Å². The third-order valence-corrected chi connectivity index (χ3v) is 3.31. The van der Waals surface area contributed by atoms with E-state index in [2.05, 4.69) is 10.6 Å². The van der Waals surface area contributed by atoms with Crippen molar-refractivity contribution in [1.82, 2.24) is 5.32 Å². The van der Waals surface area contributed by atoms with Crippen LogP contribution in [0.2, 0.25) is 0 Å². The number of amides is 2. The van der Waals surface area contributed by atoms with Gasteiger partial charge in [0.25, 0.3) is 0 Å². The SMILES string of the molecule is COc1cc2c(cc1OCc1ccccc1)CNC(=O)N2. The smallest absolute Gasteiger partial charge is 0.319 e. The fourth-order valence-electron chi connectivity index (χ4n) is 2.21. The highest BCUT2D eigenvalue weighted by atomic mass is 16.5. The largest absolute Gasteiger partial charge is 0.493 e. The van der Waals surface area contributed by atoms with Crippen molar-refractivity contribution in [1.29, 1.82) is 0 Å². The minimum Gasteiger partial charge on any atom is -0.493 e. The van der Waals surface area contributed by atoms with E-state index in [0.717, 1.165) is 16.8 Å². The molecule has 21 heavy (non-hydrogen) atoms. The van der Waals surface area contributed by atoms with Gasteiger partial charge in [0.05, 0.1) is 12.8 Å². The second-order valence-electron chi connectivity index (χ2n) is 4.74. The summed E-state index contributed by atoms with van der Waals surface area (Å²) in [6.07, 6.45) is 0. The Labute approximate surface area is 122 Å². The quantitative estimate of drug-likeness (QED) is 0.907. The van der Waals surface area contributed by atoms with E-state index < -0.39 is 0 Å². The van der Waals surface area contributed by atoms with E-state index in [4.69, 9.17) is 9.47 Å². The van der Waals surface area contributed by atoms with Crippen molar-refractivity contribution in [3.8, 4) is 11.5 Å². The van der Waals surface area contributed by atoms with Gasteiger partial charge in [0.1, 0.15) is 6.61 Å². The maximum atomic E-state index is 11.3. The van der Waals surface area contributed by atoms with E-state index in [9.17, 15) is 4.79 Å². The van der Waals surface area contributed by atoms with Crippen molar-refractivity contribution in [2.24, 2.45) is 0 Å².